The second-order valence-electron chi connectivity index (χ2n) is 9.36. The average molecular weight is 474 g/mol. The van der Waals surface area contributed by atoms with Gasteiger partial charge in [-0.2, -0.15) is 0 Å². The molecule has 6 rings (SSSR count). The number of pyridine rings is 1. The predicted molar refractivity (Wildman–Crippen MR) is 131 cm³/mol. The number of nitrogens with one attached hydrogen (secondary N) is 2. The van der Waals surface area contributed by atoms with E-state index in [4.69, 9.17) is 4.74 Å². The van der Waals surface area contributed by atoms with E-state index in [9.17, 15) is 9.59 Å². The highest BCUT2D eigenvalue weighted by Gasteiger charge is 2.37. The summed E-state index contributed by atoms with van der Waals surface area (Å²) in [6.07, 6.45) is 5.25. The van der Waals surface area contributed by atoms with Crippen molar-refractivity contribution in [3.63, 3.8) is 0 Å². The third-order valence-electron chi connectivity index (χ3n) is 6.92. The van der Waals surface area contributed by atoms with E-state index in [-0.39, 0.29) is 24.1 Å². The average Bonchev–Trinajstić information content (AvgIpc) is 3.67. The van der Waals surface area contributed by atoms with Crippen molar-refractivity contribution < 1.29 is 14.3 Å². The summed E-state index contributed by atoms with van der Waals surface area (Å²) in [6.45, 7) is 6.08. The van der Waals surface area contributed by atoms with E-state index in [0.29, 0.717) is 29.8 Å². The molecule has 10 heteroatoms. The van der Waals surface area contributed by atoms with Crippen LogP contribution in [0.2, 0.25) is 0 Å². The van der Waals surface area contributed by atoms with Gasteiger partial charge in [-0.3, -0.25) is 14.6 Å². The Balaban J connectivity index is 1.11. The molecule has 2 N–H and O–H groups in total. The Labute approximate surface area is 202 Å². The minimum atomic E-state index is -0.174. The fraction of sp³-hybridized carbons (Fsp3) is 0.400. The Morgan fingerprint density at radius 3 is 2.80 bits per heavy atom. The zero-order valence-corrected chi connectivity index (χ0v) is 19.7. The number of anilines is 2. The molecule has 10 nitrogen and oxygen atoms in total. The number of carbonyl (C=O) groups is 2. The van der Waals surface area contributed by atoms with E-state index in [0.717, 1.165) is 48.1 Å². The van der Waals surface area contributed by atoms with E-state index in [1.165, 1.54) is 6.33 Å². The van der Waals surface area contributed by atoms with Crippen LogP contribution in [0.4, 0.5) is 16.3 Å². The summed E-state index contributed by atoms with van der Waals surface area (Å²) in [5.74, 6) is 1.18. The van der Waals surface area contributed by atoms with Gasteiger partial charge in [0.1, 0.15) is 29.7 Å². The summed E-state index contributed by atoms with van der Waals surface area (Å²) in [5, 5.41) is 6.79. The van der Waals surface area contributed by atoms with Crippen molar-refractivity contribution in [3.8, 4) is 5.75 Å². The summed E-state index contributed by atoms with van der Waals surface area (Å²) in [5.41, 5.74) is 3.05. The summed E-state index contributed by atoms with van der Waals surface area (Å²) < 4.78 is 6.12. The van der Waals surface area contributed by atoms with Crippen LogP contribution in [0.15, 0.2) is 36.8 Å². The molecule has 2 fully saturated rings. The zero-order chi connectivity index (χ0) is 24.1. The number of likely N-dealkylation sites (tertiary alicyclic amines) is 1. The Bertz CT molecular complexity index is 1310. The molecule has 35 heavy (non-hydrogen) atoms. The lowest BCUT2D eigenvalue weighted by molar-refractivity contribution is -0.0414. The van der Waals surface area contributed by atoms with Crippen LogP contribution >= 0.6 is 0 Å². The van der Waals surface area contributed by atoms with Crippen LogP contribution in [0.1, 0.15) is 42.7 Å². The van der Waals surface area contributed by atoms with E-state index in [2.05, 4.69) is 43.5 Å². The number of urea groups is 1. The van der Waals surface area contributed by atoms with Crippen LogP contribution in [0.3, 0.4) is 0 Å². The molecule has 2 aromatic heterocycles. The molecule has 3 amide bonds. The Hall–Kier alpha value is -3.79. The highest BCUT2D eigenvalue weighted by molar-refractivity contribution is 6.17. The quantitative estimate of drug-likeness (QED) is 0.543. The minimum absolute atomic E-state index is 0.0356. The fourth-order valence-corrected chi connectivity index (χ4v) is 4.67. The maximum Gasteiger partial charge on any atom is 0.327 e. The summed E-state index contributed by atoms with van der Waals surface area (Å²) in [7, 11) is 0. The van der Waals surface area contributed by atoms with Crippen molar-refractivity contribution in [1.29, 1.82) is 0 Å². The normalized spacial score (nSPS) is 21.4. The van der Waals surface area contributed by atoms with Crippen LogP contribution in [-0.2, 0) is 6.54 Å². The summed E-state index contributed by atoms with van der Waals surface area (Å²) in [6, 6.07) is 7.91. The number of carbonyl (C=O) groups excluding carboxylic acids is 2. The Morgan fingerprint density at radius 1 is 1.23 bits per heavy atom. The molecule has 3 aliphatic rings. The molecular formula is C25H27N7O3. The summed E-state index contributed by atoms with van der Waals surface area (Å²) >= 11 is 0. The molecule has 1 aliphatic carbocycles. The highest BCUT2D eigenvalue weighted by atomic mass is 16.5. The van der Waals surface area contributed by atoms with Crippen molar-refractivity contribution in [2.45, 2.75) is 51.4 Å². The SMILES string of the molecule is CCN1C(=O)Nc2cc(CN3C[C@H](Oc4ccc(C(=O)NC5CC5)nc4)[C@H]3C)cc3ncnc1c23. The zero-order valence-electron chi connectivity index (χ0n) is 19.7. The van der Waals surface area contributed by atoms with Gasteiger partial charge in [0.2, 0.25) is 0 Å². The van der Waals surface area contributed by atoms with E-state index < -0.39 is 0 Å². The third kappa shape index (κ3) is 4.03. The first-order valence-corrected chi connectivity index (χ1v) is 12.0. The molecule has 1 saturated carbocycles. The second-order valence-corrected chi connectivity index (χ2v) is 9.36. The maximum absolute atomic E-state index is 12.5. The van der Waals surface area contributed by atoms with Crippen molar-refractivity contribution in [2.75, 3.05) is 23.3 Å². The summed E-state index contributed by atoms with van der Waals surface area (Å²) in [4.78, 5) is 41.6. The molecule has 4 heterocycles. The molecule has 1 saturated heterocycles. The topological polar surface area (TPSA) is 113 Å². The lowest BCUT2D eigenvalue weighted by Crippen LogP contribution is -2.60. The maximum atomic E-state index is 12.5. The van der Waals surface area contributed by atoms with Gasteiger partial charge in [-0.25, -0.2) is 19.7 Å². The standard InChI is InChI=1S/C25H27N7O3/c1-3-32-23-22-19(27-13-28-23)8-15(9-20(22)30-25(32)34)11-31-12-21(14(31)2)35-17-6-7-18(26-10-17)24(33)29-16-4-5-16/h6-10,13-14,16,21H,3-5,11-12H2,1-2H3,(H,29,33)(H,30,34)/t14-,21+/m1/s1. The number of benzene rings is 1. The smallest absolute Gasteiger partial charge is 0.327 e. The Morgan fingerprint density at radius 2 is 2.09 bits per heavy atom. The van der Waals surface area contributed by atoms with Gasteiger partial charge >= 0.3 is 6.03 Å². The number of hydrogen-bond acceptors (Lipinski definition) is 7. The minimum Gasteiger partial charge on any atom is -0.486 e. The van der Waals surface area contributed by atoms with Gasteiger partial charge in [0, 0.05) is 31.7 Å². The van der Waals surface area contributed by atoms with Crippen molar-refractivity contribution in [3.05, 3.63) is 48.0 Å². The molecule has 2 aliphatic heterocycles. The lowest BCUT2D eigenvalue weighted by atomic mass is 9.98. The number of ether oxygens (including phenoxy) is 1. The monoisotopic (exact) mass is 473 g/mol. The molecule has 2 atom stereocenters. The van der Waals surface area contributed by atoms with Crippen molar-refractivity contribution in [1.82, 2.24) is 25.2 Å². The van der Waals surface area contributed by atoms with Crippen LogP contribution in [0, 0.1) is 0 Å². The fourth-order valence-electron chi connectivity index (χ4n) is 4.67. The number of hydrogen-bond donors (Lipinski definition) is 2. The molecule has 180 valence electrons. The largest absolute Gasteiger partial charge is 0.486 e. The second kappa shape index (κ2) is 8.46. The first-order valence-electron chi connectivity index (χ1n) is 12.0. The van der Waals surface area contributed by atoms with E-state index >= 15 is 0 Å². The highest BCUT2D eigenvalue weighted by Crippen LogP contribution is 2.36. The van der Waals surface area contributed by atoms with Gasteiger partial charge in [0.05, 0.1) is 22.8 Å². The molecule has 0 bridgehead atoms. The Kier molecular flexibility index (Phi) is 5.25. The number of aromatic nitrogens is 3. The third-order valence-corrected chi connectivity index (χ3v) is 6.92. The molecule has 3 aromatic rings. The van der Waals surface area contributed by atoms with Gasteiger partial charge in [0.25, 0.3) is 5.91 Å². The first kappa shape index (κ1) is 21.7. The van der Waals surface area contributed by atoms with Gasteiger partial charge in [-0.1, -0.05) is 0 Å². The van der Waals surface area contributed by atoms with Crippen molar-refractivity contribution in [2.24, 2.45) is 0 Å². The van der Waals surface area contributed by atoms with E-state index in [1.54, 1.807) is 23.2 Å². The molecule has 0 radical (unpaired) electrons. The van der Waals surface area contributed by atoms with Crippen LogP contribution < -0.4 is 20.3 Å². The van der Waals surface area contributed by atoms with Crippen LogP contribution in [0.25, 0.3) is 10.9 Å². The van der Waals surface area contributed by atoms with E-state index in [1.807, 2.05) is 13.0 Å². The molecule has 1 aromatic carbocycles. The molecular weight excluding hydrogens is 446 g/mol. The lowest BCUT2D eigenvalue weighted by Gasteiger charge is -2.46. The molecule has 0 spiro atoms. The van der Waals surface area contributed by atoms with Crippen LogP contribution in [0.5, 0.6) is 5.75 Å². The van der Waals surface area contributed by atoms with Gasteiger partial charge in [-0.15, -0.1) is 0 Å². The van der Waals surface area contributed by atoms with Gasteiger partial charge in [-0.05, 0) is 56.5 Å². The number of nitrogens with zero attached hydrogens (tertiary/aromatic N) is 5. The van der Waals surface area contributed by atoms with Gasteiger partial charge < -0.3 is 15.4 Å². The number of amides is 3. The van der Waals surface area contributed by atoms with Crippen molar-refractivity contribution >= 4 is 34.3 Å². The first-order chi connectivity index (χ1) is 17.0. The molecule has 0 unspecified atom stereocenters. The van der Waals surface area contributed by atoms with Crippen LogP contribution in [-0.4, -0.2) is 63.1 Å². The van der Waals surface area contributed by atoms with Gasteiger partial charge in [0.15, 0.2) is 0 Å². The number of rotatable bonds is 7. The predicted octanol–water partition coefficient (Wildman–Crippen LogP) is 2.94.